The average Bonchev–Trinajstić information content (AvgIpc) is 3.06. The number of benzene rings is 1. The lowest BCUT2D eigenvalue weighted by Crippen LogP contribution is -2.37. The van der Waals surface area contributed by atoms with E-state index in [1.165, 1.54) is 5.56 Å². The number of aromatic nitrogens is 4. The van der Waals surface area contributed by atoms with Crippen molar-refractivity contribution in [3.63, 3.8) is 0 Å². The summed E-state index contributed by atoms with van der Waals surface area (Å²) in [6.45, 7) is 1.19. The van der Waals surface area contributed by atoms with Crippen LogP contribution in [0.5, 0.6) is 0 Å². The van der Waals surface area contributed by atoms with Crippen molar-refractivity contribution >= 4 is 46.7 Å². The standard InChI is InChI=1S/C18H24N8.HI/c1-19-18(21-11-17-22-12-23-26(17)4)20-10-13-9-16(25(2)3)24-15-8-6-5-7-14(13)15;/h5-9,12H,10-11H2,1-4H3,(H2,19,20,21);1H. The molecule has 0 bridgehead atoms. The van der Waals surface area contributed by atoms with Gasteiger partial charge in [-0.15, -0.1) is 24.0 Å². The van der Waals surface area contributed by atoms with Crippen LogP contribution in [-0.2, 0) is 20.1 Å². The number of aliphatic imine (C=N–C) groups is 1. The van der Waals surface area contributed by atoms with E-state index in [1.807, 2.05) is 44.2 Å². The number of fused-ring (bicyclic) bond motifs is 1. The smallest absolute Gasteiger partial charge is 0.191 e. The van der Waals surface area contributed by atoms with Gasteiger partial charge in [0.1, 0.15) is 18.0 Å². The summed E-state index contributed by atoms with van der Waals surface area (Å²) in [7, 11) is 7.61. The summed E-state index contributed by atoms with van der Waals surface area (Å²) in [5.41, 5.74) is 2.15. The Kier molecular flexibility index (Phi) is 7.34. The molecule has 2 aromatic heterocycles. The van der Waals surface area contributed by atoms with E-state index in [1.54, 1.807) is 18.1 Å². The van der Waals surface area contributed by atoms with Crippen molar-refractivity contribution in [3.05, 3.63) is 48.0 Å². The van der Waals surface area contributed by atoms with Crippen LogP contribution in [0.15, 0.2) is 41.7 Å². The molecule has 144 valence electrons. The van der Waals surface area contributed by atoms with Crippen LogP contribution in [-0.4, -0.2) is 46.9 Å². The van der Waals surface area contributed by atoms with E-state index >= 15 is 0 Å². The maximum absolute atomic E-state index is 4.70. The molecule has 0 aliphatic carbocycles. The summed E-state index contributed by atoms with van der Waals surface area (Å²) in [5, 5.41) is 11.8. The second kappa shape index (κ2) is 9.49. The third-order valence-corrected chi connectivity index (χ3v) is 4.14. The van der Waals surface area contributed by atoms with Gasteiger partial charge in [-0.1, -0.05) is 18.2 Å². The zero-order chi connectivity index (χ0) is 18.5. The number of aryl methyl sites for hydroxylation is 1. The van der Waals surface area contributed by atoms with Gasteiger partial charge in [-0.2, -0.15) is 5.10 Å². The Morgan fingerprint density at radius 2 is 1.93 bits per heavy atom. The molecular formula is C18H25IN8. The molecule has 0 aliphatic rings. The van der Waals surface area contributed by atoms with Crippen LogP contribution in [0.2, 0.25) is 0 Å². The van der Waals surface area contributed by atoms with Crippen molar-refractivity contribution in [2.24, 2.45) is 12.0 Å². The highest BCUT2D eigenvalue weighted by Crippen LogP contribution is 2.21. The van der Waals surface area contributed by atoms with Crippen molar-refractivity contribution in [2.75, 3.05) is 26.0 Å². The van der Waals surface area contributed by atoms with Crippen LogP contribution < -0.4 is 15.5 Å². The number of rotatable bonds is 5. The Bertz CT molecular complexity index is 919. The molecule has 9 heteroatoms. The van der Waals surface area contributed by atoms with Gasteiger partial charge in [0.2, 0.25) is 0 Å². The summed E-state index contributed by atoms with van der Waals surface area (Å²) in [4.78, 5) is 15.2. The topological polar surface area (TPSA) is 83.3 Å². The lowest BCUT2D eigenvalue weighted by molar-refractivity contribution is 0.673. The number of hydrogen-bond acceptors (Lipinski definition) is 5. The molecule has 0 radical (unpaired) electrons. The number of pyridine rings is 1. The number of guanidine groups is 1. The van der Waals surface area contributed by atoms with E-state index in [-0.39, 0.29) is 24.0 Å². The van der Waals surface area contributed by atoms with Crippen LogP contribution >= 0.6 is 24.0 Å². The molecule has 0 unspecified atom stereocenters. The predicted octanol–water partition coefficient (Wildman–Crippen LogP) is 1.91. The first-order valence-electron chi connectivity index (χ1n) is 8.42. The Morgan fingerprint density at radius 3 is 2.59 bits per heavy atom. The molecule has 0 amide bonds. The molecule has 8 nitrogen and oxygen atoms in total. The molecule has 0 fully saturated rings. The fraction of sp³-hybridized carbons (Fsp3) is 0.333. The minimum Gasteiger partial charge on any atom is -0.363 e. The molecule has 0 atom stereocenters. The summed E-state index contributed by atoms with van der Waals surface area (Å²) in [5.74, 6) is 2.49. The normalized spacial score (nSPS) is 11.2. The van der Waals surface area contributed by atoms with E-state index < -0.39 is 0 Å². The number of halogens is 1. The summed E-state index contributed by atoms with van der Waals surface area (Å²) < 4.78 is 1.74. The average molecular weight is 480 g/mol. The van der Waals surface area contributed by atoms with E-state index in [0.717, 1.165) is 22.5 Å². The first kappa shape index (κ1) is 20.9. The molecule has 0 aliphatic heterocycles. The van der Waals surface area contributed by atoms with Crippen LogP contribution in [0.4, 0.5) is 5.82 Å². The quantitative estimate of drug-likeness (QED) is 0.330. The van der Waals surface area contributed by atoms with Gasteiger partial charge in [0.05, 0.1) is 12.1 Å². The van der Waals surface area contributed by atoms with Crippen LogP contribution in [0.3, 0.4) is 0 Å². The first-order chi connectivity index (χ1) is 12.6. The monoisotopic (exact) mass is 480 g/mol. The Morgan fingerprint density at radius 1 is 1.19 bits per heavy atom. The van der Waals surface area contributed by atoms with Crippen molar-refractivity contribution in [3.8, 4) is 0 Å². The van der Waals surface area contributed by atoms with E-state index in [9.17, 15) is 0 Å². The van der Waals surface area contributed by atoms with Gasteiger partial charge in [0, 0.05) is 40.1 Å². The predicted molar refractivity (Wildman–Crippen MR) is 120 cm³/mol. The fourth-order valence-electron chi connectivity index (χ4n) is 2.65. The minimum absolute atomic E-state index is 0. The van der Waals surface area contributed by atoms with Crippen LogP contribution in [0.1, 0.15) is 11.4 Å². The van der Waals surface area contributed by atoms with Crippen molar-refractivity contribution in [1.29, 1.82) is 0 Å². The van der Waals surface area contributed by atoms with Gasteiger partial charge in [0.15, 0.2) is 5.96 Å². The van der Waals surface area contributed by atoms with Gasteiger partial charge >= 0.3 is 0 Å². The first-order valence-corrected chi connectivity index (χ1v) is 8.42. The number of anilines is 1. The van der Waals surface area contributed by atoms with Gasteiger partial charge in [-0.3, -0.25) is 9.67 Å². The second-order valence-electron chi connectivity index (χ2n) is 6.13. The maximum Gasteiger partial charge on any atom is 0.191 e. The molecule has 2 heterocycles. The molecule has 3 aromatic rings. The number of para-hydroxylation sites is 1. The van der Waals surface area contributed by atoms with E-state index in [2.05, 4.69) is 37.8 Å². The van der Waals surface area contributed by atoms with Crippen LogP contribution in [0, 0.1) is 0 Å². The zero-order valence-corrected chi connectivity index (χ0v) is 18.3. The second-order valence-corrected chi connectivity index (χ2v) is 6.13. The van der Waals surface area contributed by atoms with Crippen LogP contribution in [0.25, 0.3) is 10.9 Å². The lowest BCUT2D eigenvalue weighted by atomic mass is 10.1. The molecule has 1 aromatic carbocycles. The highest BCUT2D eigenvalue weighted by Gasteiger charge is 2.08. The van der Waals surface area contributed by atoms with E-state index in [0.29, 0.717) is 19.0 Å². The number of nitrogens with zero attached hydrogens (tertiary/aromatic N) is 6. The highest BCUT2D eigenvalue weighted by molar-refractivity contribution is 14.0. The van der Waals surface area contributed by atoms with Crippen molar-refractivity contribution in [1.82, 2.24) is 30.4 Å². The van der Waals surface area contributed by atoms with Gasteiger partial charge < -0.3 is 15.5 Å². The molecule has 2 N–H and O–H groups in total. The summed E-state index contributed by atoms with van der Waals surface area (Å²) >= 11 is 0. The lowest BCUT2D eigenvalue weighted by Gasteiger charge is -2.16. The highest BCUT2D eigenvalue weighted by atomic mass is 127. The van der Waals surface area contributed by atoms with Gasteiger partial charge in [-0.05, 0) is 17.7 Å². The number of hydrogen-bond donors (Lipinski definition) is 2. The minimum atomic E-state index is 0. The van der Waals surface area contributed by atoms with Crippen molar-refractivity contribution in [2.45, 2.75) is 13.1 Å². The SMILES string of the molecule is CN=C(NCc1cc(N(C)C)nc2ccccc12)NCc1ncnn1C.I. The Hall–Kier alpha value is -2.43. The third kappa shape index (κ3) is 5.06. The number of nitrogens with one attached hydrogen (secondary N) is 2. The Labute approximate surface area is 176 Å². The fourth-order valence-corrected chi connectivity index (χ4v) is 2.65. The van der Waals surface area contributed by atoms with Gasteiger partial charge in [0.25, 0.3) is 0 Å². The van der Waals surface area contributed by atoms with E-state index in [4.69, 9.17) is 4.98 Å². The maximum atomic E-state index is 4.70. The Balaban J connectivity index is 0.00000261. The molecule has 27 heavy (non-hydrogen) atoms. The third-order valence-electron chi connectivity index (χ3n) is 4.14. The molecule has 3 rings (SSSR count). The van der Waals surface area contributed by atoms with Crippen molar-refractivity contribution < 1.29 is 0 Å². The summed E-state index contributed by atoms with van der Waals surface area (Å²) in [6, 6.07) is 10.3. The molecular weight excluding hydrogens is 455 g/mol. The largest absolute Gasteiger partial charge is 0.363 e. The molecule has 0 saturated carbocycles. The molecule has 0 spiro atoms. The molecule has 0 saturated heterocycles. The zero-order valence-electron chi connectivity index (χ0n) is 16.0. The summed E-state index contributed by atoms with van der Waals surface area (Å²) in [6.07, 6.45) is 1.54. The van der Waals surface area contributed by atoms with Gasteiger partial charge in [-0.25, -0.2) is 9.97 Å².